The van der Waals surface area contributed by atoms with E-state index in [2.05, 4.69) is 15.9 Å². The van der Waals surface area contributed by atoms with Crippen LogP contribution in [-0.2, 0) is 9.59 Å². The van der Waals surface area contributed by atoms with Crippen LogP contribution in [0.4, 0.5) is 0 Å². The number of hydrogen-bond donors (Lipinski definition) is 0. The molecule has 1 aliphatic rings. The average Bonchev–Trinajstić information content (AvgIpc) is 2.92. The van der Waals surface area contributed by atoms with E-state index in [0.717, 1.165) is 21.3 Å². The fraction of sp³-hybridized carbons (Fsp3) is 0.263. The minimum atomic E-state index is -0.0926. The van der Waals surface area contributed by atoms with Gasteiger partial charge in [-0.15, -0.1) is 0 Å². The summed E-state index contributed by atoms with van der Waals surface area (Å²) in [7, 11) is 1.63. The summed E-state index contributed by atoms with van der Waals surface area (Å²) in [5.74, 6) is 0.489. The first kappa shape index (κ1) is 16.7. The average molecular weight is 388 g/mol. The summed E-state index contributed by atoms with van der Waals surface area (Å²) in [5, 5.41) is 0. The van der Waals surface area contributed by atoms with Gasteiger partial charge in [0.05, 0.1) is 7.11 Å². The quantitative estimate of drug-likeness (QED) is 0.734. The summed E-state index contributed by atoms with van der Waals surface area (Å²) in [5.41, 5.74) is 2.07. The maximum absolute atomic E-state index is 12.0. The Hall–Kier alpha value is -2.14. The molecule has 1 atom stereocenters. The molecule has 124 valence electrons. The van der Waals surface area contributed by atoms with Gasteiger partial charge >= 0.3 is 0 Å². The zero-order valence-electron chi connectivity index (χ0n) is 13.4. The minimum absolute atomic E-state index is 0.0841. The van der Waals surface area contributed by atoms with E-state index in [-0.39, 0.29) is 17.7 Å². The molecule has 1 saturated heterocycles. The van der Waals surface area contributed by atoms with Gasteiger partial charge in [0.1, 0.15) is 5.75 Å². The number of amides is 2. The number of hydrogen-bond acceptors (Lipinski definition) is 3. The molecule has 1 unspecified atom stereocenters. The predicted molar refractivity (Wildman–Crippen MR) is 94.9 cm³/mol. The Morgan fingerprint density at radius 1 is 1.04 bits per heavy atom. The Bertz CT molecular complexity index is 741. The Kier molecular flexibility index (Phi) is 5.00. The lowest BCUT2D eigenvalue weighted by Crippen LogP contribution is -2.33. The van der Waals surface area contributed by atoms with Gasteiger partial charge in [-0.25, -0.2) is 0 Å². The van der Waals surface area contributed by atoms with Gasteiger partial charge in [-0.3, -0.25) is 14.5 Å². The molecule has 3 rings (SSSR count). The minimum Gasteiger partial charge on any atom is -0.497 e. The molecule has 0 aliphatic carbocycles. The summed E-state index contributed by atoms with van der Waals surface area (Å²) in [6, 6.07) is 15.7. The molecule has 5 heteroatoms. The largest absolute Gasteiger partial charge is 0.497 e. The van der Waals surface area contributed by atoms with Crippen molar-refractivity contribution in [1.82, 2.24) is 4.90 Å². The van der Waals surface area contributed by atoms with Crippen molar-refractivity contribution in [1.29, 1.82) is 0 Å². The van der Waals surface area contributed by atoms with E-state index in [1.807, 2.05) is 48.5 Å². The summed E-state index contributed by atoms with van der Waals surface area (Å²) in [6.45, 7) is 0.354. The van der Waals surface area contributed by atoms with Crippen molar-refractivity contribution in [3.05, 3.63) is 64.1 Å². The molecule has 0 aromatic heterocycles. The summed E-state index contributed by atoms with van der Waals surface area (Å²) < 4.78 is 6.31. The number of imide groups is 1. The first-order valence-corrected chi connectivity index (χ1v) is 8.60. The van der Waals surface area contributed by atoms with Crippen molar-refractivity contribution in [2.75, 3.05) is 13.7 Å². The highest BCUT2D eigenvalue weighted by Crippen LogP contribution is 2.30. The molecule has 0 N–H and O–H groups in total. The number of halogens is 1. The van der Waals surface area contributed by atoms with Crippen molar-refractivity contribution in [3.63, 3.8) is 0 Å². The van der Waals surface area contributed by atoms with Crippen molar-refractivity contribution in [2.24, 2.45) is 0 Å². The maximum Gasteiger partial charge on any atom is 0.229 e. The normalized spacial score (nSPS) is 15.7. The van der Waals surface area contributed by atoms with Crippen LogP contribution in [0.3, 0.4) is 0 Å². The zero-order chi connectivity index (χ0) is 17.1. The molecule has 1 aliphatic heterocycles. The van der Waals surface area contributed by atoms with Gasteiger partial charge in [-0.2, -0.15) is 0 Å². The van der Waals surface area contributed by atoms with Crippen LogP contribution in [0.15, 0.2) is 53.0 Å². The lowest BCUT2D eigenvalue weighted by Gasteiger charge is -2.24. The van der Waals surface area contributed by atoms with Crippen molar-refractivity contribution in [2.45, 2.75) is 18.8 Å². The molecule has 2 aromatic carbocycles. The van der Waals surface area contributed by atoms with Crippen LogP contribution in [-0.4, -0.2) is 30.4 Å². The van der Waals surface area contributed by atoms with E-state index in [1.165, 1.54) is 4.90 Å². The van der Waals surface area contributed by atoms with Crippen molar-refractivity contribution >= 4 is 27.7 Å². The maximum atomic E-state index is 12.0. The first-order chi connectivity index (χ1) is 11.6. The second-order valence-corrected chi connectivity index (χ2v) is 6.69. The third-order valence-electron chi connectivity index (χ3n) is 4.29. The highest BCUT2D eigenvalue weighted by atomic mass is 79.9. The molecule has 1 fully saturated rings. The number of carbonyl (C=O) groups is 2. The van der Waals surface area contributed by atoms with Gasteiger partial charge in [-0.05, 0) is 35.4 Å². The van der Waals surface area contributed by atoms with Gasteiger partial charge < -0.3 is 4.74 Å². The van der Waals surface area contributed by atoms with Crippen molar-refractivity contribution < 1.29 is 14.3 Å². The number of likely N-dealkylation sites (tertiary alicyclic amines) is 1. The van der Waals surface area contributed by atoms with E-state index in [1.54, 1.807) is 7.11 Å². The molecular weight excluding hydrogens is 370 g/mol. The van der Waals surface area contributed by atoms with Crippen molar-refractivity contribution in [3.8, 4) is 5.75 Å². The first-order valence-electron chi connectivity index (χ1n) is 7.81. The highest BCUT2D eigenvalue weighted by molar-refractivity contribution is 9.10. The van der Waals surface area contributed by atoms with E-state index in [0.29, 0.717) is 19.4 Å². The van der Waals surface area contributed by atoms with Gasteiger partial charge in [0.25, 0.3) is 0 Å². The second-order valence-electron chi connectivity index (χ2n) is 5.78. The van der Waals surface area contributed by atoms with Crippen LogP contribution in [0.1, 0.15) is 29.9 Å². The number of carbonyl (C=O) groups excluding carboxylic acids is 2. The Morgan fingerprint density at radius 2 is 1.71 bits per heavy atom. The third-order valence-corrected chi connectivity index (χ3v) is 4.82. The van der Waals surface area contributed by atoms with Gasteiger partial charge in [-0.1, -0.05) is 40.2 Å². The van der Waals surface area contributed by atoms with Crippen LogP contribution in [0, 0.1) is 0 Å². The van der Waals surface area contributed by atoms with E-state index in [9.17, 15) is 9.59 Å². The van der Waals surface area contributed by atoms with Crippen LogP contribution in [0.25, 0.3) is 0 Å². The number of nitrogens with zero attached hydrogens (tertiary/aromatic N) is 1. The third kappa shape index (κ3) is 3.51. The number of rotatable bonds is 5. The Morgan fingerprint density at radius 3 is 2.33 bits per heavy atom. The number of ether oxygens (including phenoxy) is 1. The molecular formula is C19H18BrNO3. The monoisotopic (exact) mass is 387 g/mol. The second kappa shape index (κ2) is 7.18. The molecule has 0 spiro atoms. The molecule has 2 amide bonds. The summed E-state index contributed by atoms with van der Waals surface area (Å²) in [4.78, 5) is 25.4. The molecule has 0 saturated carbocycles. The standard InChI is InChI=1S/C19H18BrNO3/c1-24-16-4-2-3-14(11-16)17(13-5-7-15(20)8-6-13)12-21-18(22)9-10-19(21)23/h2-8,11,17H,9-10,12H2,1H3. The molecule has 4 nitrogen and oxygen atoms in total. The topological polar surface area (TPSA) is 46.6 Å². The predicted octanol–water partition coefficient (Wildman–Crippen LogP) is 3.74. The lowest BCUT2D eigenvalue weighted by molar-refractivity contribution is -0.138. The Balaban J connectivity index is 1.98. The Labute approximate surface area is 149 Å². The summed E-state index contributed by atoms with van der Waals surface area (Å²) >= 11 is 3.44. The number of methoxy groups -OCH3 is 1. The summed E-state index contributed by atoms with van der Waals surface area (Å²) in [6.07, 6.45) is 0.619. The molecule has 24 heavy (non-hydrogen) atoms. The van der Waals surface area contributed by atoms with E-state index >= 15 is 0 Å². The van der Waals surface area contributed by atoms with E-state index in [4.69, 9.17) is 4.74 Å². The van der Waals surface area contributed by atoms with Crippen LogP contribution in [0.2, 0.25) is 0 Å². The van der Waals surface area contributed by atoms with Gasteiger partial charge in [0.15, 0.2) is 0 Å². The van der Waals surface area contributed by atoms with E-state index < -0.39 is 0 Å². The lowest BCUT2D eigenvalue weighted by atomic mass is 9.90. The van der Waals surface area contributed by atoms with Crippen LogP contribution < -0.4 is 4.74 Å². The zero-order valence-corrected chi connectivity index (χ0v) is 15.0. The fourth-order valence-electron chi connectivity index (χ4n) is 2.97. The highest BCUT2D eigenvalue weighted by Gasteiger charge is 2.31. The molecule has 0 radical (unpaired) electrons. The smallest absolute Gasteiger partial charge is 0.229 e. The molecule has 0 bridgehead atoms. The molecule has 1 heterocycles. The van der Waals surface area contributed by atoms with Crippen LogP contribution in [0.5, 0.6) is 5.75 Å². The van der Waals surface area contributed by atoms with Crippen LogP contribution >= 0.6 is 15.9 Å². The number of benzene rings is 2. The van der Waals surface area contributed by atoms with Gasteiger partial charge in [0.2, 0.25) is 11.8 Å². The molecule has 2 aromatic rings. The fourth-order valence-corrected chi connectivity index (χ4v) is 3.23. The van der Waals surface area contributed by atoms with Gasteiger partial charge in [0, 0.05) is 29.8 Å². The SMILES string of the molecule is COc1cccc(C(CN2C(=O)CCC2=O)c2ccc(Br)cc2)c1.